The zero-order valence-electron chi connectivity index (χ0n) is 8.20. The Labute approximate surface area is 82.4 Å². The van der Waals surface area contributed by atoms with Gasteiger partial charge in [-0.1, -0.05) is 12.1 Å². The van der Waals surface area contributed by atoms with E-state index in [0.29, 0.717) is 10.8 Å². The average Bonchev–Trinajstić information content (AvgIpc) is 2.17. The molecule has 2 nitrogen and oxygen atoms in total. The van der Waals surface area contributed by atoms with E-state index >= 15 is 0 Å². The maximum Gasteiger partial charge on any atom is 0.126 e. The molecular formula is C12H12O2. The Balaban J connectivity index is 2.98. The van der Waals surface area contributed by atoms with E-state index in [9.17, 15) is 10.2 Å². The number of phenolic OH excluding ortho intramolecular Hbond substituents is 2. The van der Waals surface area contributed by atoms with Crippen LogP contribution in [-0.4, -0.2) is 10.2 Å². The van der Waals surface area contributed by atoms with Crippen LogP contribution in [0.25, 0.3) is 10.8 Å². The summed E-state index contributed by atoms with van der Waals surface area (Å²) in [5, 5.41) is 20.9. The first kappa shape index (κ1) is 8.88. The summed E-state index contributed by atoms with van der Waals surface area (Å²) < 4.78 is 0. The Bertz CT molecular complexity index is 501. The van der Waals surface area contributed by atoms with Gasteiger partial charge in [-0.15, -0.1) is 0 Å². The number of fused-ring (bicyclic) bond motifs is 1. The average molecular weight is 188 g/mol. The van der Waals surface area contributed by atoms with Crippen LogP contribution in [0.4, 0.5) is 0 Å². The fourth-order valence-corrected chi connectivity index (χ4v) is 1.62. The lowest BCUT2D eigenvalue weighted by Gasteiger charge is -2.08. The molecular weight excluding hydrogens is 176 g/mol. The van der Waals surface area contributed by atoms with Gasteiger partial charge >= 0.3 is 0 Å². The van der Waals surface area contributed by atoms with Gasteiger partial charge in [0.1, 0.15) is 11.5 Å². The predicted molar refractivity (Wildman–Crippen MR) is 56.8 cm³/mol. The molecule has 0 spiro atoms. The van der Waals surface area contributed by atoms with Crippen molar-refractivity contribution in [3.8, 4) is 11.5 Å². The van der Waals surface area contributed by atoms with Gasteiger partial charge in [0.05, 0.1) is 0 Å². The van der Waals surface area contributed by atoms with E-state index in [1.54, 1.807) is 18.2 Å². The van der Waals surface area contributed by atoms with Crippen LogP contribution in [0.3, 0.4) is 0 Å². The predicted octanol–water partition coefficient (Wildman–Crippen LogP) is 2.87. The molecule has 2 heteroatoms. The monoisotopic (exact) mass is 188 g/mol. The SMILES string of the molecule is Cc1cc2c(O)cccc2c(O)c1C. The van der Waals surface area contributed by atoms with Crippen LogP contribution in [0.15, 0.2) is 24.3 Å². The van der Waals surface area contributed by atoms with Crippen molar-refractivity contribution in [2.24, 2.45) is 0 Å². The van der Waals surface area contributed by atoms with Gasteiger partial charge in [0, 0.05) is 10.8 Å². The van der Waals surface area contributed by atoms with Gasteiger partial charge in [-0.25, -0.2) is 0 Å². The fourth-order valence-electron chi connectivity index (χ4n) is 1.62. The third-order valence-electron chi connectivity index (χ3n) is 2.65. The van der Waals surface area contributed by atoms with Crippen LogP contribution >= 0.6 is 0 Å². The van der Waals surface area contributed by atoms with Crippen LogP contribution in [0.5, 0.6) is 11.5 Å². The normalized spacial score (nSPS) is 10.7. The summed E-state index contributed by atoms with van der Waals surface area (Å²) in [5.74, 6) is 0.469. The Morgan fingerprint density at radius 2 is 1.71 bits per heavy atom. The molecule has 0 atom stereocenters. The van der Waals surface area contributed by atoms with Crippen molar-refractivity contribution in [2.75, 3.05) is 0 Å². The molecule has 2 rings (SSSR count). The van der Waals surface area contributed by atoms with Crippen molar-refractivity contribution in [3.63, 3.8) is 0 Å². The molecule has 0 heterocycles. The van der Waals surface area contributed by atoms with Crippen molar-refractivity contribution < 1.29 is 10.2 Å². The smallest absolute Gasteiger partial charge is 0.126 e. The van der Waals surface area contributed by atoms with E-state index in [-0.39, 0.29) is 11.5 Å². The lowest BCUT2D eigenvalue weighted by atomic mass is 10.0. The first-order valence-corrected chi connectivity index (χ1v) is 4.52. The number of hydrogen-bond donors (Lipinski definition) is 2. The lowest BCUT2D eigenvalue weighted by Crippen LogP contribution is -1.84. The summed E-state index contributed by atoms with van der Waals surface area (Å²) in [6, 6.07) is 7.04. The van der Waals surface area contributed by atoms with Gasteiger partial charge in [0.25, 0.3) is 0 Å². The van der Waals surface area contributed by atoms with Crippen molar-refractivity contribution in [3.05, 3.63) is 35.4 Å². The van der Waals surface area contributed by atoms with Crippen molar-refractivity contribution in [1.82, 2.24) is 0 Å². The van der Waals surface area contributed by atoms with Gasteiger partial charge in [0.15, 0.2) is 0 Å². The van der Waals surface area contributed by atoms with Crippen LogP contribution in [-0.2, 0) is 0 Å². The molecule has 0 saturated heterocycles. The summed E-state index contributed by atoms with van der Waals surface area (Å²) in [6.07, 6.45) is 0. The molecule has 2 N–H and O–H groups in total. The van der Waals surface area contributed by atoms with Crippen LogP contribution in [0.2, 0.25) is 0 Å². The molecule has 72 valence electrons. The summed E-state index contributed by atoms with van der Waals surface area (Å²) in [6.45, 7) is 3.79. The Morgan fingerprint density at radius 1 is 1.00 bits per heavy atom. The number of hydrogen-bond acceptors (Lipinski definition) is 2. The van der Waals surface area contributed by atoms with Gasteiger partial charge in [-0.05, 0) is 37.1 Å². The second kappa shape index (κ2) is 2.91. The highest BCUT2D eigenvalue weighted by molar-refractivity contribution is 5.94. The highest BCUT2D eigenvalue weighted by Crippen LogP contribution is 2.34. The van der Waals surface area contributed by atoms with Crippen molar-refractivity contribution in [1.29, 1.82) is 0 Å². The minimum atomic E-state index is 0.209. The molecule has 2 aromatic rings. The number of rotatable bonds is 0. The van der Waals surface area contributed by atoms with Crippen LogP contribution in [0.1, 0.15) is 11.1 Å². The third kappa shape index (κ3) is 1.11. The second-order valence-electron chi connectivity index (χ2n) is 3.54. The number of benzene rings is 2. The standard InChI is InChI=1S/C12H12O2/c1-7-6-10-9(12(14)8(7)2)4-3-5-11(10)13/h3-6,13-14H,1-2H3. The Kier molecular flexibility index (Phi) is 1.84. The molecule has 0 unspecified atom stereocenters. The largest absolute Gasteiger partial charge is 0.507 e. The first-order valence-electron chi connectivity index (χ1n) is 4.52. The number of aryl methyl sites for hydroxylation is 1. The number of aromatic hydroxyl groups is 2. The highest BCUT2D eigenvalue weighted by atomic mass is 16.3. The Morgan fingerprint density at radius 3 is 2.43 bits per heavy atom. The minimum absolute atomic E-state index is 0.209. The first-order chi connectivity index (χ1) is 6.61. The summed E-state index contributed by atoms with van der Waals surface area (Å²) in [5.41, 5.74) is 1.85. The van der Waals surface area contributed by atoms with Crippen LogP contribution in [0, 0.1) is 13.8 Å². The molecule has 0 aliphatic rings. The van der Waals surface area contributed by atoms with Gasteiger partial charge in [-0.3, -0.25) is 0 Å². The van der Waals surface area contributed by atoms with Crippen molar-refractivity contribution in [2.45, 2.75) is 13.8 Å². The van der Waals surface area contributed by atoms with E-state index in [0.717, 1.165) is 11.1 Å². The summed E-state index contributed by atoms with van der Waals surface area (Å²) >= 11 is 0. The van der Waals surface area contributed by atoms with Gasteiger partial charge in [0.2, 0.25) is 0 Å². The molecule has 0 aliphatic carbocycles. The second-order valence-corrected chi connectivity index (χ2v) is 3.54. The molecule has 0 fully saturated rings. The van der Waals surface area contributed by atoms with Crippen LogP contribution < -0.4 is 0 Å². The summed E-state index contributed by atoms with van der Waals surface area (Å²) in [4.78, 5) is 0. The third-order valence-corrected chi connectivity index (χ3v) is 2.65. The fraction of sp³-hybridized carbons (Fsp3) is 0.167. The summed E-state index contributed by atoms with van der Waals surface area (Å²) in [7, 11) is 0. The molecule has 0 radical (unpaired) electrons. The van der Waals surface area contributed by atoms with E-state index in [4.69, 9.17) is 0 Å². The van der Waals surface area contributed by atoms with Gasteiger partial charge in [-0.2, -0.15) is 0 Å². The maximum absolute atomic E-state index is 9.85. The molecule has 0 bridgehead atoms. The number of phenols is 2. The Hall–Kier alpha value is -1.70. The van der Waals surface area contributed by atoms with E-state index in [2.05, 4.69) is 0 Å². The zero-order chi connectivity index (χ0) is 10.3. The molecule has 0 saturated carbocycles. The van der Waals surface area contributed by atoms with Gasteiger partial charge < -0.3 is 10.2 Å². The van der Waals surface area contributed by atoms with E-state index in [1.165, 1.54) is 0 Å². The topological polar surface area (TPSA) is 40.5 Å². The maximum atomic E-state index is 9.85. The van der Waals surface area contributed by atoms with Crippen molar-refractivity contribution >= 4 is 10.8 Å². The molecule has 0 aromatic heterocycles. The molecule has 2 aromatic carbocycles. The zero-order valence-corrected chi connectivity index (χ0v) is 8.20. The molecule has 14 heavy (non-hydrogen) atoms. The lowest BCUT2D eigenvalue weighted by molar-refractivity contribution is 0.472. The van der Waals surface area contributed by atoms with E-state index < -0.39 is 0 Å². The highest BCUT2D eigenvalue weighted by Gasteiger charge is 2.08. The molecule has 0 aliphatic heterocycles. The van der Waals surface area contributed by atoms with E-state index in [1.807, 2.05) is 19.9 Å². The quantitative estimate of drug-likeness (QED) is 0.667. The minimum Gasteiger partial charge on any atom is -0.507 e. The molecule has 0 amide bonds.